The highest BCUT2D eigenvalue weighted by Gasteiger charge is 2.47. The maximum Gasteiger partial charge on any atom is 0.227 e. The van der Waals surface area contributed by atoms with Crippen molar-refractivity contribution in [3.05, 3.63) is 66.0 Å². The van der Waals surface area contributed by atoms with Gasteiger partial charge in [-0.25, -0.2) is 0 Å². The molecule has 2 aliphatic rings. The van der Waals surface area contributed by atoms with Gasteiger partial charge in [0, 0.05) is 38.3 Å². The highest BCUT2D eigenvalue weighted by atomic mass is 16.2. The van der Waals surface area contributed by atoms with Crippen molar-refractivity contribution < 1.29 is 9.59 Å². The molecular formula is C24H29N3O2. The van der Waals surface area contributed by atoms with Crippen molar-refractivity contribution in [2.75, 3.05) is 13.1 Å². The molecule has 5 heteroatoms. The second-order valence-corrected chi connectivity index (χ2v) is 8.22. The van der Waals surface area contributed by atoms with Gasteiger partial charge in [0.1, 0.15) is 0 Å². The van der Waals surface area contributed by atoms with Crippen LogP contribution in [-0.2, 0) is 16.0 Å². The molecule has 29 heavy (non-hydrogen) atoms. The minimum absolute atomic E-state index is 0.0491. The van der Waals surface area contributed by atoms with Crippen LogP contribution in [0, 0.1) is 0 Å². The van der Waals surface area contributed by atoms with Gasteiger partial charge in [-0.05, 0) is 30.0 Å². The van der Waals surface area contributed by atoms with Crippen molar-refractivity contribution in [3.8, 4) is 0 Å². The number of hydrogen-bond donors (Lipinski definition) is 0. The van der Waals surface area contributed by atoms with E-state index in [1.165, 1.54) is 5.56 Å². The SMILES string of the molecule is CC(=O)N1CCCCC[C@@H]2[C@@H]1[C@H](c1ccccc1)CN2C(=O)Cc1cccnc1. The summed E-state index contributed by atoms with van der Waals surface area (Å²) in [6.45, 7) is 3.12. The summed E-state index contributed by atoms with van der Waals surface area (Å²) < 4.78 is 0. The van der Waals surface area contributed by atoms with Crippen molar-refractivity contribution in [1.82, 2.24) is 14.8 Å². The number of pyridine rings is 1. The first-order valence-corrected chi connectivity index (χ1v) is 10.7. The third kappa shape index (κ3) is 4.19. The maximum absolute atomic E-state index is 13.3. The fourth-order valence-corrected chi connectivity index (χ4v) is 5.06. The molecule has 3 atom stereocenters. The molecule has 0 radical (unpaired) electrons. The molecular weight excluding hydrogens is 362 g/mol. The molecule has 3 heterocycles. The Morgan fingerprint density at radius 1 is 1.03 bits per heavy atom. The van der Waals surface area contributed by atoms with E-state index in [0.29, 0.717) is 13.0 Å². The Morgan fingerprint density at radius 3 is 2.59 bits per heavy atom. The summed E-state index contributed by atoms with van der Waals surface area (Å²) in [4.78, 5) is 34.1. The standard InChI is InChI=1S/C24H29N3O2/c1-18(28)26-14-7-3-6-12-22-24(26)21(20-10-4-2-5-11-20)17-27(22)23(29)15-19-9-8-13-25-16-19/h2,4-5,8-11,13,16,21-22,24H,3,6-7,12,14-15,17H2,1H3/t21-,22+,24-/m0/s1. The van der Waals surface area contributed by atoms with Gasteiger partial charge in [0.25, 0.3) is 0 Å². The zero-order chi connectivity index (χ0) is 20.2. The quantitative estimate of drug-likeness (QED) is 0.806. The molecule has 5 nitrogen and oxygen atoms in total. The zero-order valence-electron chi connectivity index (χ0n) is 17.0. The molecule has 0 aliphatic carbocycles. The fraction of sp³-hybridized carbons (Fsp3) is 0.458. The molecule has 1 aromatic carbocycles. The van der Waals surface area contributed by atoms with Gasteiger partial charge >= 0.3 is 0 Å². The highest BCUT2D eigenvalue weighted by molar-refractivity contribution is 5.80. The largest absolute Gasteiger partial charge is 0.337 e. The van der Waals surface area contributed by atoms with Crippen molar-refractivity contribution in [3.63, 3.8) is 0 Å². The van der Waals surface area contributed by atoms with Crippen LogP contribution in [0.25, 0.3) is 0 Å². The van der Waals surface area contributed by atoms with Crippen LogP contribution >= 0.6 is 0 Å². The molecule has 0 N–H and O–H groups in total. The Morgan fingerprint density at radius 2 is 1.86 bits per heavy atom. The van der Waals surface area contributed by atoms with E-state index in [4.69, 9.17) is 0 Å². The van der Waals surface area contributed by atoms with E-state index in [-0.39, 0.29) is 29.8 Å². The number of rotatable bonds is 3. The van der Waals surface area contributed by atoms with E-state index in [1.807, 2.05) is 35.2 Å². The molecule has 2 fully saturated rings. The lowest BCUT2D eigenvalue weighted by atomic mass is 9.87. The predicted molar refractivity (Wildman–Crippen MR) is 112 cm³/mol. The molecule has 4 rings (SSSR count). The second kappa shape index (κ2) is 8.76. The highest BCUT2D eigenvalue weighted by Crippen LogP contribution is 2.39. The van der Waals surface area contributed by atoms with Crippen molar-refractivity contribution in [2.45, 2.75) is 57.0 Å². The van der Waals surface area contributed by atoms with Crippen LogP contribution in [-0.4, -0.2) is 51.8 Å². The maximum atomic E-state index is 13.3. The van der Waals surface area contributed by atoms with Gasteiger partial charge < -0.3 is 9.80 Å². The van der Waals surface area contributed by atoms with E-state index < -0.39 is 0 Å². The second-order valence-electron chi connectivity index (χ2n) is 8.22. The Kier molecular flexibility index (Phi) is 5.93. The van der Waals surface area contributed by atoms with E-state index >= 15 is 0 Å². The smallest absolute Gasteiger partial charge is 0.227 e. The van der Waals surface area contributed by atoms with Gasteiger partial charge in [-0.2, -0.15) is 0 Å². The fourth-order valence-electron chi connectivity index (χ4n) is 5.06. The van der Waals surface area contributed by atoms with E-state index in [2.05, 4.69) is 22.0 Å². The molecule has 0 unspecified atom stereocenters. The van der Waals surface area contributed by atoms with E-state index in [0.717, 1.165) is 37.8 Å². The number of carbonyl (C=O) groups is 2. The summed E-state index contributed by atoms with van der Waals surface area (Å²) >= 11 is 0. The van der Waals surface area contributed by atoms with Gasteiger partial charge in [0.05, 0.1) is 18.5 Å². The number of likely N-dealkylation sites (tertiary alicyclic amines) is 2. The van der Waals surface area contributed by atoms with Crippen molar-refractivity contribution in [2.24, 2.45) is 0 Å². The monoisotopic (exact) mass is 391 g/mol. The van der Waals surface area contributed by atoms with Crippen molar-refractivity contribution >= 4 is 11.8 Å². The average Bonchev–Trinajstić information content (AvgIpc) is 3.07. The van der Waals surface area contributed by atoms with Gasteiger partial charge in [0.2, 0.25) is 11.8 Å². The number of nitrogens with zero attached hydrogens (tertiary/aromatic N) is 3. The van der Waals surface area contributed by atoms with Crippen LogP contribution in [0.5, 0.6) is 0 Å². The Hall–Kier alpha value is -2.69. The topological polar surface area (TPSA) is 53.5 Å². The summed E-state index contributed by atoms with van der Waals surface area (Å²) in [6, 6.07) is 14.3. The Labute approximate surface area is 172 Å². The van der Waals surface area contributed by atoms with Crippen LogP contribution in [0.1, 0.15) is 49.7 Å². The molecule has 2 saturated heterocycles. The predicted octanol–water partition coefficient (Wildman–Crippen LogP) is 3.41. The van der Waals surface area contributed by atoms with Crippen LogP contribution in [0.2, 0.25) is 0 Å². The normalized spacial score (nSPS) is 24.5. The number of hydrogen-bond acceptors (Lipinski definition) is 3. The summed E-state index contributed by atoms with van der Waals surface area (Å²) in [5.74, 6) is 0.404. The van der Waals surface area contributed by atoms with Crippen LogP contribution < -0.4 is 0 Å². The number of amides is 2. The summed E-state index contributed by atoms with van der Waals surface area (Å²) in [5, 5.41) is 0. The molecule has 2 aliphatic heterocycles. The third-order valence-corrected chi connectivity index (χ3v) is 6.39. The Bertz CT molecular complexity index is 840. The summed E-state index contributed by atoms with van der Waals surface area (Å²) in [5.41, 5.74) is 2.15. The lowest BCUT2D eigenvalue weighted by Gasteiger charge is -2.38. The number of aromatic nitrogens is 1. The van der Waals surface area contributed by atoms with Crippen LogP contribution in [0.4, 0.5) is 0 Å². The third-order valence-electron chi connectivity index (χ3n) is 6.39. The minimum atomic E-state index is 0.0491. The Balaban J connectivity index is 1.67. The first-order valence-electron chi connectivity index (χ1n) is 10.7. The molecule has 152 valence electrons. The van der Waals surface area contributed by atoms with Crippen molar-refractivity contribution in [1.29, 1.82) is 0 Å². The summed E-state index contributed by atoms with van der Waals surface area (Å²) in [6.07, 6.45) is 8.05. The molecule has 1 aromatic heterocycles. The number of carbonyl (C=O) groups excluding carboxylic acids is 2. The van der Waals surface area contributed by atoms with Gasteiger partial charge in [0.15, 0.2) is 0 Å². The van der Waals surface area contributed by atoms with E-state index in [9.17, 15) is 9.59 Å². The average molecular weight is 392 g/mol. The molecule has 2 aromatic rings. The number of benzene rings is 1. The van der Waals surface area contributed by atoms with Gasteiger partial charge in [-0.1, -0.05) is 49.2 Å². The molecule has 0 bridgehead atoms. The van der Waals surface area contributed by atoms with Crippen LogP contribution in [0.15, 0.2) is 54.9 Å². The minimum Gasteiger partial charge on any atom is -0.337 e. The lowest BCUT2D eigenvalue weighted by molar-refractivity contribution is -0.136. The first-order chi connectivity index (χ1) is 14.1. The molecule has 2 amide bonds. The zero-order valence-corrected chi connectivity index (χ0v) is 17.0. The number of fused-ring (bicyclic) bond motifs is 1. The van der Waals surface area contributed by atoms with Gasteiger partial charge in [-0.3, -0.25) is 14.6 Å². The van der Waals surface area contributed by atoms with Crippen LogP contribution in [0.3, 0.4) is 0 Å². The van der Waals surface area contributed by atoms with Gasteiger partial charge in [-0.15, -0.1) is 0 Å². The lowest BCUT2D eigenvalue weighted by Crippen LogP contribution is -2.51. The molecule has 0 saturated carbocycles. The summed E-state index contributed by atoms with van der Waals surface area (Å²) in [7, 11) is 0. The first kappa shape index (κ1) is 19.6. The van der Waals surface area contributed by atoms with E-state index in [1.54, 1.807) is 19.3 Å². The molecule has 0 spiro atoms.